The highest BCUT2D eigenvalue weighted by Gasteiger charge is 2.08. The monoisotopic (exact) mass is 323 g/mol. The van der Waals surface area contributed by atoms with Gasteiger partial charge in [-0.3, -0.25) is 0 Å². The van der Waals surface area contributed by atoms with E-state index in [1.54, 1.807) is 0 Å². The standard InChI is InChI=1S/C17H19Cl2NO/c1-3-20-12(2)13-6-4-7-14(10-13)21-11-15-16(18)8-5-9-17(15)19/h4-10,12,20H,3,11H2,1-2H3. The van der Waals surface area contributed by atoms with Crippen LogP contribution in [0.1, 0.15) is 31.0 Å². The second kappa shape index (κ2) is 7.69. The van der Waals surface area contributed by atoms with Crippen molar-refractivity contribution in [2.24, 2.45) is 0 Å². The predicted octanol–water partition coefficient (Wildman–Crippen LogP) is 5.24. The summed E-state index contributed by atoms with van der Waals surface area (Å²) in [5.41, 5.74) is 2.01. The second-order valence-electron chi connectivity index (χ2n) is 4.84. The highest BCUT2D eigenvalue weighted by atomic mass is 35.5. The van der Waals surface area contributed by atoms with Crippen molar-refractivity contribution in [3.63, 3.8) is 0 Å². The Morgan fingerprint density at radius 3 is 2.43 bits per heavy atom. The van der Waals surface area contributed by atoms with Gasteiger partial charge in [-0.2, -0.15) is 0 Å². The van der Waals surface area contributed by atoms with E-state index in [1.165, 1.54) is 5.56 Å². The van der Waals surface area contributed by atoms with E-state index in [1.807, 2.05) is 36.4 Å². The van der Waals surface area contributed by atoms with E-state index in [2.05, 4.69) is 25.2 Å². The molecule has 0 aliphatic rings. The van der Waals surface area contributed by atoms with Crippen molar-refractivity contribution in [1.29, 1.82) is 0 Å². The summed E-state index contributed by atoms with van der Waals surface area (Å²) in [6, 6.07) is 13.8. The molecule has 0 bridgehead atoms. The van der Waals surface area contributed by atoms with Crippen LogP contribution in [0.2, 0.25) is 10.0 Å². The van der Waals surface area contributed by atoms with E-state index in [-0.39, 0.29) is 0 Å². The zero-order valence-electron chi connectivity index (χ0n) is 12.2. The fraction of sp³-hybridized carbons (Fsp3) is 0.294. The van der Waals surface area contributed by atoms with Crippen molar-refractivity contribution in [2.75, 3.05) is 6.54 Å². The highest BCUT2D eigenvalue weighted by Crippen LogP contribution is 2.26. The van der Waals surface area contributed by atoms with Gasteiger partial charge < -0.3 is 10.1 Å². The number of hydrogen-bond acceptors (Lipinski definition) is 2. The fourth-order valence-electron chi connectivity index (χ4n) is 2.12. The van der Waals surface area contributed by atoms with Crippen molar-refractivity contribution in [2.45, 2.75) is 26.5 Å². The van der Waals surface area contributed by atoms with Gasteiger partial charge in [0.25, 0.3) is 0 Å². The second-order valence-corrected chi connectivity index (χ2v) is 5.66. The zero-order chi connectivity index (χ0) is 15.2. The Bertz CT molecular complexity index is 581. The smallest absolute Gasteiger partial charge is 0.120 e. The molecule has 0 heterocycles. The maximum absolute atomic E-state index is 6.14. The summed E-state index contributed by atoms with van der Waals surface area (Å²) in [4.78, 5) is 0. The number of halogens is 2. The van der Waals surface area contributed by atoms with Crippen LogP contribution in [0.15, 0.2) is 42.5 Å². The maximum atomic E-state index is 6.14. The number of benzene rings is 2. The third kappa shape index (κ3) is 4.37. The van der Waals surface area contributed by atoms with Crippen LogP contribution >= 0.6 is 23.2 Å². The number of hydrogen-bond donors (Lipinski definition) is 1. The Morgan fingerprint density at radius 2 is 1.76 bits per heavy atom. The summed E-state index contributed by atoms with van der Waals surface area (Å²) in [6.45, 7) is 5.52. The third-order valence-electron chi connectivity index (χ3n) is 3.31. The van der Waals surface area contributed by atoms with Gasteiger partial charge in [0.1, 0.15) is 12.4 Å². The molecule has 2 aromatic carbocycles. The summed E-state index contributed by atoms with van der Waals surface area (Å²) in [5.74, 6) is 0.813. The van der Waals surface area contributed by atoms with Gasteiger partial charge in [-0.1, -0.05) is 48.3 Å². The minimum absolute atomic E-state index is 0.294. The summed E-state index contributed by atoms with van der Waals surface area (Å²) < 4.78 is 5.83. The van der Waals surface area contributed by atoms with E-state index < -0.39 is 0 Å². The molecule has 1 unspecified atom stereocenters. The highest BCUT2D eigenvalue weighted by molar-refractivity contribution is 6.35. The molecule has 2 nitrogen and oxygen atoms in total. The average Bonchev–Trinajstić information content (AvgIpc) is 2.47. The molecule has 0 radical (unpaired) electrons. The van der Waals surface area contributed by atoms with Crippen molar-refractivity contribution in [3.05, 3.63) is 63.6 Å². The first-order valence-corrected chi connectivity index (χ1v) is 7.76. The lowest BCUT2D eigenvalue weighted by Crippen LogP contribution is -2.17. The molecular weight excluding hydrogens is 305 g/mol. The average molecular weight is 324 g/mol. The molecule has 0 amide bonds. The Labute approximate surface area is 136 Å². The molecule has 0 saturated heterocycles. The Morgan fingerprint density at radius 1 is 1.10 bits per heavy atom. The number of nitrogens with one attached hydrogen (secondary N) is 1. The van der Waals surface area contributed by atoms with Crippen LogP contribution in [0.3, 0.4) is 0 Å². The molecule has 2 rings (SSSR count). The van der Waals surface area contributed by atoms with Crippen LogP contribution in [0, 0.1) is 0 Å². The van der Waals surface area contributed by atoms with Gasteiger partial charge in [-0.15, -0.1) is 0 Å². The molecule has 4 heteroatoms. The van der Waals surface area contributed by atoms with Crippen LogP contribution < -0.4 is 10.1 Å². The molecule has 112 valence electrons. The van der Waals surface area contributed by atoms with Crippen molar-refractivity contribution < 1.29 is 4.74 Å². The molecule has 0 fully saturated rings. The lowest BCUT2D eigenvalue weighted by molar-refractivity contribution is 0.306. The number of rotatable bonds is 6. The van der Waals surface area contributed by atoms with Gasteiger partial charge in [-0.25, -0.2) is 0 Å². The largest absolute Gasteiger partial charge is 0.489 e. The van der Waals surface area contributed by atoms with Crippen molar-refractivity contribution >= 4 is 23.2 Å². The Hall–Kier alpha value is -1.22. The van der Waals surface area contributed by atoms with Crippen LogP contribution in [0.25, 0.3) is 0 Å². The topological polar surface area (TPSA) is 21.3 Å². The van der Waals surface area contributed by atoms with Crippen molar-refractivity contribution in [1.82, 2.24) is 5.32 Å². The molecule has 0 spiro atoms. The lowest BCUT2D eigenvalue weighted by atomic mass is 10.1. The maximum Gasteiger partial charge on any atom is 0.120 e. The quantitative estimate of drug-likeness (QED) is 0.784. The first-order chi connectivity index (χ1) is 10.1. The molecule has 1 N–H and O–H groups in total. The van der Waals surface area contributed by atoms with Gasteiger partial charge in [-0.05, 0) is 43.3 Å². The zero-order valence-corrected chi connectivity index (χ0v) is 13.7. The summed E-state index contributed by atoms with van der Waals surface area (Å²) in [6.07, 6.45) is 0. The van der Waals surface area contributed by atoms with Gasteiger partial charge in [0.2, 0.25) is 0 Å². The van der Waals surface area contributed by atoms with Crippen LogP contribution in [0.5, 0.6) is 5.75 Å². The van der Waals surface area contributed by atoms with E-state index in [9.17, 15) is 0 Å². The van der Waals surface area contributed by atoms with E-state index in [0.717, 1.165) is 17.9 Å². The lowest BCUT2D eigenvalue weighted by Gasteiger charge is -2.15. The fourth-order valence-corrected chi connectivity index (χ4v) is 2.63. The first-order valence-electron chi connectivity index (χ1n) is 7.01. The Kier molecular flexibility index (Phi) is 5.92. The first kappa shape index (κ1) is 16.2. The normalized spacial score (nSPS) is 12.2. The SMILES string of the molecule is CCNC(C)c1cccc(OCc2c(Cl)cccc2Cl)c1. The third-order valence-corrected chi connectivity index (χ3v) is 4.02. The molecule has 0 saturated carbocycles. The minimum atomic E-state index is 0.294. The van der Waals surface area contributed by atoms with Gasteiger partial charge in [0, 0.05) is 21.7 Å². The van der Waals surface area contributed by atoms with E-state index in [4.69, 9.17) is 27.9 Å². The predicted molar refractivity (Wildman–Crippen MR) is 89.3 cm³/mol. The van der Waals surface area contributed by atoms with E-state index in [0.29, 0.717) is 22.7 Å². The Balaban J connectivity index is 2.08. The van der Waals surface area contributed by atoms with Gasteiger partial charge >= 0.3 is 0 Å². The van der Waals surface area contributed by atoms with Gasteiger partial charge in [0.15, 0.2) is 0 Å². The van der Waals surface area contributed by atoms with Crippen LogP contribution in [0.4, 0.5) is 0 Å². The van der Waals surface area contributed by atoms with Crippen LogP contribution in [-0.4, -0.2) is 6.54 Å². The minimum Gasteiger partial charge on any atom is -0.489 e. The van der Waals surface area contributed by atoms with Gasteiger partial charge in [0.05, 0.1) is 0 Å². The molecule has 2 aromatic rings. The van der Waals surface area contributed by atoms with Crippen molar-refractivity contribution in [3.8, 4) is 5.75 Å². The summed E-state index contributed by atoms with van der Waals surface area (Å²) >= 11 is 12.3. The molecule has 0 aliphatic heterocycles. The van der Waals surface area contributed by atoms with Crippen LogP contribution in [-0.2, 0) is 6.61 Å². The molecule has 0 aromatic heterocycles. The molecule has 1 atom stereocenters. The molecule has 0 aliphatic carbocycles. The van der Waals surface area contributed by atoms with E-state index >= 15 is 0 Å². The summed E-state index contributed by atoms with van der Waals surface area (Å²) in [7, 11) is 0. The summed E-state index contributed by atoms with van der Waals surface area (Å²) in [5, 5.41) is 4.63. The molecule has 21 heavy (non-hydrogen) atoms. The number of ether oxygens (including phenoxy) is 1. The molecular formula is C17H19Cl2NO.